The lowest BCUT2D eigenvalue weighted by Crippen LogP contribution is -2.46. The smallest absolute Gasteiger partial charge is 0.306 e. The first kappa shape index (κ1) is 50.1. The summed E-state index contributed by atoms with van der Waals surface area (Å²) in [7, 11) is 0. The van der Waals surface area contributed by atoms with Gasteiger partial charge in [-0.3, -0.25) is 9.59 Å². The predicted molar refractivity (Wildman–Crippen MR) is 222 cm³/mol. The summed E-state index contributed by atoms with van der Waals surface area (Å²) in [5.74, 6) is -0.503. The van der Waals surface area contributed by atoms with Crippen LogP contribution in [0.3, 0.4) is 0 Å². The fraction of sp³-hybridized carbons (Fsp3) is 0.826. The lowest BCUT2D eigenvalue weighted by atomic mass is 10.0. The fourth-order valence-electron chi connectivity index (χ4n) is 6.59. The molecule has 0 aromatic rings. The number of hydrogen-bond donors (Lipinski definition) is 3. The van der Waals surface area contributed by atoms with Crippen LogP contribution in [0.4, 0.5) is 0 Å². The van der Waals surface area contributed by atoms with E-state index < -0.39 is 18.2 Å². The molecule has 0 heterocycles. The maximum Gasteiger partial charge on any atom is 0.306 e. The van der Waals surface area contributed by atoms with Crippen LogP contribution in [0, 0.1) is 0 Å². The Morgan fingerprint density at radius 3 is 1.67 bits per heavy atom. The second kappa shape index (κ2) is 40.3. The zero-order valence-corrected chi connectivity index (χ0v) is 34.4. The maximum atomic E-state index is 13.1. The van der Waals surface area contributed by atoms with Crippen molar-refractivity contribution in [1.82, 2.24) is 5.32 Å². The van der Waals surface area contributed by atoms with Crippen LogP contribution in [0.5, 0.6) is 0 Å². The first-order valence-corrected chi connectivity index (χ1v) is 22.2. The summed E-state index contributed by atoms with van der Waals surface area (Å²) in [6.45, 7) is 6.28. The Balaban J connectivity index is 4.51. The third-order valence-corrected chi connectivity index (χ3v) is 9.93. The molecule has 0 aromatic carbocycles. The molecule has 0 aromatic heterocycles. The molecule has 6 nitrogen and oxygen atoms in total. The third kappa shape index (κ3) is 35.1. The van der Waals surface area contributed by atoms with Gasteiger partial charge in [-0.2, -0.15) is 0 Å². The number of esters is 1. The molecule has 0 rings (SSSR count). The number of carbonyl (C=O) groups is 2. The molecule has 0 spiro atoms. The van der Waals surface area contributed by atoms with E-state index in [1.54, 1.807) is 0 Å². The molecule has 3 unspecified atom stereocenters. The molecule has 6 heteroatoms. The highest BCUT2D eigenvalue weighted by Crippen LogP contribution is 2.17. The van der Waals surface area contributed by atoms with E-state index in [9.17, 15) is 19.8 Å². The number of hydrogen-bond acceptors (Lipinski definition) is 5. The zero-order valence-electron chi connectivity index (χ0n) is 34.4. The number of allylic oxidation sites excluding steroid dienone is 6. The number of carbonyl (C=O) groups excluding carboxylic acids is 2. The Hall–Kier alpha value is -1.92. The molecule has 3 atom stereocenters. The summed E-state index contributed by atoms with van der Waals surface area (Å²) < 4.78 is 5.86. The molecule has 304 valence electrons. The van der Waals surface area contributed by atoms with Gasteiger partial charge in [-0.05, 0) is 70.6 Å². The van der Waals surface area contributed by atoms with Gasteiger partial charge in [0, 0.05) is 6.42 Å². The van der Waals surface area contributed by atoms with E-state index in [4.69, 9.17) is 4.74 Å². The van der Waals surface area contributed by atoms with E-state index in [-0.39, 0.29) is 24.9 Å². The second-order valence-electron chi connectivity index (χ2n) is 15.1. The Morgan fingerprint density at radius 1 is 0.577 bits per heavy atom. The number of unbranched alkanes of at least 4 members (excludes halogenated alkanes) is 21. The van der Waals surface area contributed by atoms with Gasteiger partial charge in [0.1, 0.15) is 6.10 Å². The molecule has 0 aliphatic heterocycles. The highest BCUT2D eigenvalue weighted by Gasteiger charge is 2.24. The number of rotatable bonds is 39. The molecular formula is C46H85NO5. The van der Waals surface area contributed by atoms with Crippen molar-refractivity contribution in [3.05, 3.63) is 36.5 Å². The van der Waals surface area contributed by atoms with E-state index >= 15 is 0 Å². The molecule has 0 saturated heterocycles. The Bertz CT molecular complexity index is 869. The molecule has 0 saturated carbocycles. The molecule has 0 aliphatic rings. The van der Waals surface area contributed by atoms with Crippen LogP contribution in [-0.4, -0.2) is 46.9 Å². The summed E-state index contributed by atoms with van der Waals surface area (Å²) in [6, 6.07) is -0.702. The van der Waals surface area contributed by atoms with Crippen molar-refractivity contribution in [3.8, 4) is 0 Å². The largest absolute Gasteiger partial charge is 0.462 e. The minimum absolute atomic E-state index is 0.0639. The molecule has 0 aliphatic carbocycles. The summed E-state index contributed by atoms with van der Waals surface area (Å²) in [5.41, 5.74) is 0. The van der Waals surface area contributed by atoms with E-state index in [0.717, 1.165) is 96.3 Å². The number of aliphatic hydroxyl groups excluding tert-OH is 2. The summed E-state index contributed by atoms with van der Waals surface area (Å²) >= 11 is 0. The average Bonchev–Trinajstić information content (AvgIpc) is 3.13. The lowest BCUT2D eigenvalue weighted by Gasteiger charge is -2.24. The predicted octanol–water partition coefficient (Wildman–Crippen LogP) is 12.6. The van der Waals surface area contributed by atoms with Crippen LogP contribution in [0.1, 0.15) is 220 Å². The van der Waals surface area contributed by atoms with E-state index in [1.165, 1.54) is 77.0 Å². The van der Waals surface area contributed by atoms with Crippen molar-refractivity contribution in [2.24, 2.45) is 0 Å². The van der Waals surface area contributed by atoms with Gasteiger partial charge < -0.3 is 20.3 Å². The zero-order chi connectivity index (χ0) is 38.2. The van der Waals surface area contributed by atoms with Crippen LogP contribution >= 0.6 is 0 Å². The fourth-order valence-corrected chi connectivity index (χ4v) is 6.59. The number of nitrogens with one attached hydrogen (secondary N) is 1. The van der Waals surface area contributed by atoms with Crippen LogP contribution in [0.25, 0.3) is 0 Å². The molecule has 52 heavy (non-hydrogen) atoms. The molecule has 0 fully saturated rings. The standard InChI is InChI=1S/C46H85NO5/c1-4-7-10-13-16-19-21-22-23-25-27-30-33-36-39-46(51)52-42(37-34-31-28-18-15-12-9-6-3)40-45(50)47-43(41-48)44(49)38-35-32-29-26-24-20-17-14-11-8-5-2/h7,10,12,15-16,19,42-44,48-49H,4-6,8-9,11,13-14,17-18,20-41H2,1-3H3,(H,47,50)/b10-7+,15-12-,19-16+. The molecule has 0 radical (unpaired) electrons. The highest BCUT2D eigenvalue weighted by atomic mass is 16.5. The molecular weight excluding hydrogens is 647 g/mol. The normalized spacial score (nSPS) is 13.7. The summed E-state index contributed by atoms with van der Waals surface area (Å²) in [5, 5.41) is 23.6. The number of ether oxygens (including phenoxy) is 1. The highest BCUT2D eigenvalue weighted by molar-refractivity contribution is 5.77. The monoisotopic (exact) mass is 732 g/mol. The minimum Gasteiger partial charge on any atom is -0.462 e. The van der Waals surface area contributed by atoms with Crippen molar-refractivity contribution >= 4 is 11.9 Å². The van der Waals surface area contributed by atoms with Gasteiger partial charge >= 0.3 is 5.97 Å². The Labute approximate surface area is 322 Å². The van der Waals surface area contributed by atoms with Gasteiger partial charge in [-0.25, -0.2) is 0 Å². The second-order valence-corrected chi connectivity index (χ2v) is 15.1. The van der Waals surface area contributed by atoms with Crippen LogP contribution in [-0.2, 0) is 14.3 Å². The summed E-state index contributed by atoms with van der Waals surface area (Å²) in [6.07, 6.45) is 45.0. The lowest BCUT2D eigenvalue weighted by molar-refractivity contribution is -0.151. The third-order valence-electron chi connectivity index (χ3n) is 9.93. The molecule has 1 amide bonds. The number of amides is 1. The van der Waals surface area contributed by atoms with Gasteiger partial charge in [-0.1, -0.05) is 173 Å². The molecule has 0 bridgehead atoms. The molecule has 3 N–H and O–H groups in total. The maximum absolute atomic E-state index is 13.1. The average molecular weight is 732 g/mol. The van der Waals surface area contributed by atoms with Crippen LogP contribution in [0.2, 0.25) is 0 Å². The van der Waals surface area contributed by atoms with Gasteiger partial charge in [0.05, 0.1) is 25.2 Å². The quantitative estimate of drug-likeness (QED) is 0.0332. The van der Waals surface area contributed by atoms with Crippen molar-refractivity contribution in [2.45, 2.75) is 238 Å². The van der Waals surface area contributed by atoms with E-state index in [1.807, 2.05) is 0 Å². The topological polar surface area (TPSA) is 95.9 Å². The first-order valence-electron chi connectivity index (χ1n) is 22.2. The van der Waals surface area contributed by atoms with Gasteiger partial charge in [0.2, 0.25) is 5.91 Å². The number of aliphatic hydroxyl groups is 2. The van der Waals surface area contributed by atoms with Gasteiger partial charge in [-0.15, -0.1) is 0 Å². The van der Waals surface area contributed by atoms with Gasteiger partial charge in [0.25, 0.3) is 0 Å². The van der Waals surface area contributed by atoms with Crippen LogP contribution < -0.4 is 5.32 Å². The summed E-state index contributed by atoms with van der Waals surface area (Å²) in [4.78, 5) is 25.9. The first-order chi connectivity index (χ1) is 25.5. The van der Waals surface area contributed by atoms with Crippen molar-refractivity contribution in [3.63, 3.8) is 0 Å². The Kier molecular flexibility index (Phi) is 38.8. The van der Waals surface area contributed by atoms with Crippen molar-refractivity contribution in [2.75, 3.05) is 6.61 Å². The van der Waals surface area contributed by atoms with Gasteiger partial charge in [0.15, 0.2) is 0 Å². The van der Waals surface area contributed by atoms with E-state index in [0.29, 0.717) is 19.3 Å². The minimum atomic E-state index is -0.788. The Morgan fingerprint density at radius 2 is 1.08 bits per heavy atom. The van der Waals surface area contributed by atoms with Crippen molar-refractivity contribution in [1.29, 1.82) is 0 Å². The SMILES string of the molecule is CC/C=C/C/C=C/CCCCCCCCCC(=O)OC(CCCCC/C=C\CCC)CC(=O)NC(CO)C(O)CCCCCCCCCCCCC. The van der Waals surface area contributed by atoms with Crippen LogP contribution in [0.15, 0.2) is 36.5 Å². The van der Waals surface area contributed by atoms with Crippen molar-refractivity contribution < 1.29 is 24.5 Å². The van der Waals surface area contributed by atoms with E-state index in [2.05, 4.69) is 62.5 Å².